The van der Waals surface area contributed by atoms with Gasteiger partial charge in [0, 0.05) is 13.1 Å². The summed E-state index contributed by atoms with van der Waals surface area (Å²) in [6, 6.07) is 1.31. The minimum absolute atomic E-state index is 0.123. The summed E-state index contributed by atoms with van der Waals surface area (Å²) in [5.41, 5.74) is -1.59. The molecule has 1 rings (SSSR count). The third-order valence-electron chi connectivity index (χ3n) is 2.55. The Morgan fingerprint density at radius 1 is 1.33 bits per heavy atom. The van der Waals surface area contributed by atoms with E-state index in [4.69, 9.17) is 5.11 Å². The van der Waals surface area contributed by atoms with Crippen molar-refractivity contribution in [1.82, 2.24) is 4.31 Å². The molecular weight excluding hydrogens is 314 g/mol. The van der Waals surface area contributed by atoms with Crippen LogP contribution in [0.2, 0.25) is 0 Å². The molecule has 0 radical (unpaired) electrons. The highest BCUT2D eigenvalue weighted by Crippen LogP contribution is 2.35. The minimum atomic E-state index is -5.02. The molecule has 1 N–H and O–H groups in total. The molecule has 0 aromatic heterocycles. The second-order valence-corrected chi connectivity index (χ2v) is 5.92. The van der Waals surface area contributed by atoms with Crippen LogP contribution >= 0.6 is 0 Å². The molecule has 1 aromatic carbocycles. The molecule has 0 fully saturated rings. The van der Waals surface area contributed by atoms with Gasteiger partial charge in [-0.3, -0.25) is 0 Å². The predicted octanol–water partition coefficient (Wildman–Crippen LogP) is 2.01. The van der Waals surface area contributed by atoms with Crippen LogP contribution in [-0.4, -0.2) is 37.5 Å². The molecule has 0 aliphatic carbocycles. The Morgan fingerprint density at radius 3 is 2.43 bits per heavy atom. The molecule has 0 atom stereocenters. The fourth-order valence-corrected chi connectivity index (χ4v) is 3.25. The van der Waals surface area contributed by atoms with Crippen molar-refractivity contribution in [3.8, 4) is 0 Å². The van der Waals surface area contributed by atoms with Crippen molar-refractivity contribution in [2.75, 3.05) is 19.7 Å². The van der Waals surface area contributed by atoms with Gasteiger partial charge in [0.25, 0.3) is 0 Å². The molecule has 0 spiro atoms. The number of aliphatic hydroxyl groups is 1. The van der Waals surface area contributed by atoms with Crippen LogP contribution in [0.5, 0.6) is 0 Å². The first-order chi connectivity index (χ1) is 9.64. The van der Waals surface area contributed by atoms with Gasteiger partial charge in [-0.2, -0.15) is 17.5 Å². The van der Waals surface area contributed by atoms with Gasteiger partial charge in [0.15, 0.2) is 0 Å². The van der Waals surface area contributed by atoms with E-state index in [1.165, 1.54) is 6.08 Å². The lowest BCUT2D eigenvalue weighted by Crippen LogP contribution is -2.35. The molecule has 0 aliphatic rings. The second-order valence-electron chi connectivity index (χ2n) is 4.01. The summed E-state index contributed by atoms with van der Waals surface area (Å²) < 4.78 is 76.7. The average Bonchev–Trinajstić information content (AvgIpc) is 2.37. The molecule has 0 heterocycles. The lowest BCUT2D eigenvalue weighted by molar-refractivity contribution is -0.140. The topological polar surface area (TPSA) is 57.6 Å². The standard InChI is InChI=1S/C12H13F4NO3S/c1-2-5-17(6-7-18)21(19,20)11-4-3-9(13)8-10(11)12(14,15)16/h2-4,8,18H,1,5-7H2. The van der Waals surface area contributed by atoms with Gasteiger partial charge < -0.3 is 5.11 Å². The maximum absolute atomic E-state index is 13.0. The normalized spacial score (nSPS) is 12.7. The van der Waals surface area contributed by atoms with E-state index in [9.17, 15) is 26.0 Å². The molecule has 0 saturated carbocycles. The van der Waals surface area contributed by atoms with Gasteiger partial charge in [-0.05, 0) is 18.2 Å². The molecule has 9 heteroatoms. The molecule has 118 valence electrons. The number of aliphatic hydroxyl groups excluding tert-OH is 1. The Labute approximate surface area is 119 Å². The Kier molecular flexibility index (Phi) is 5.48. The Morgan fingerprint density at radius 2 is 1.95 bits per heavy atom. The van der Waals surface area contributed by atoms with Crippen molar-refractivity contribution in [1.29, 1.82) is 0 Å². The van der Waals surface area contributed by atoms with Crippen molar-refractivity contribution in [3.05, 3.63) is 42.2 Å². The number of alkyl halides is 3. The molecule has 4 nitrogen and oxygen atoms in total. The van der Waals surface area contributed by atoms with E-state index in [0.717, 1.165) is 0 Å². The number of halogens is 4. The van der Waals surface area contributed by atoms with Crippen LogP contribution in [0.4, 0.5) is 17.6 Å². The monoisotopic (exact) mass is 327 g/mol. The van der Waals surface area contributed by atoms with Crippen molar-refractivity contribution in [2.45, 2.75) is 11.1 Å². The number of benzene rings is 1. The summed E-state index contributed by atoms with van der Waals surface area (Å²) in [6.45, 7) is 2.05. The number of hydrogen-bond donors (Lipinski definition) is 1. The highest BCUT2D eigenvalue weighted by Gasteiger charge is 2.39. The van der Waals surface area contributed by atoms with Gasteiger partial charge in [-0.1, -0.05) is 6.08 Å². The van der Waals surface area contributed by atoms with E-state index in [2.05, 4.69) is 6.58 Å². The molecular formula is C12H13F4NO3S. The third-order valence-corrected chi connectivity index (χ3v) is 4.47. The van der Waals surface area contributed by atoms with Crippen LogP contribution in [0.15, 0.2) is 35.7 Å². The average molecular weight is 327 g/mol. The lowest BCUT2D eigenvalue weighted by atomic mass is 10.2. The number of hydrogen-bond acceptors (Lipinski definition) is 3. The van der Waals surface area contributed by atoms with Crippen LogP contribution in [0.25, 0.3) is 0 Å². The van der Waals surface area contributed by atoms with Crippen LogP contribution < -0.4 is 0 Å². The SMILES string of the molecule is C=CCN(CCO)S(=O)(=O)c1ccc(F)cc1C(F)(F)F. The summed E-state index contributed by atoms with van der Waals surface area (Å²) in [7, 11) is -4.54. The van der Waals surface area contributed by atoms with Crippen molar-refractivity contribution < 1.29 is 31.1 Å². The fraction of sp³-hybridized carbons (Fsp3) is 0.333. The summed E-state index contributed by atoms with van der Waals surface area (Å²) >= 11 is 0. The number of rotatable bonds is 6. The maximum atomic E-state index is 13.0. The van der Waals surface area contributed by atoms with Gasteiger partial charge >= 0.3 is 6.18 Å². The molecule has 0 amide bonds. The summed E-state index contributed by atoms with van der Waals surface area (Å²) in [5.74, 6) is -1.20. The van der Waals surface area contributed by atoms with E-state index in [-0.39, 0.29) is 12.6 Å². The maximum Gasteiger partial charge on any atom is 0.417 e. The summed E-state index contributed by atoms with van der Waals surface area (Å²) in [5, 5.41) is 8.82. The summed E-state index contributed by atoms with van der Waals surface area (Å²) in [4.78, 5) is -1.06. The van der Waals surface area contributed by atoms with Gasteiger partial charge in [-0.25, -0.2) is 12.8 Å². The summed E-state index contributed by atoms with van der Waals surface area (Å²) in [6.07, 6.45) is -3.85. The quantitative estimate of drug-likeness (QED) is 0.642. The third kappa shape index (κ3) is 4.02. The molecule has 1 aromatic rings. The molecule has 21 heavy (non-hydrogen) atoms. The first-order valence-corrected chi connectivity index (χ1v) is 7.17. The van der Waals surface area contributed by atoms with Gasteiger partial charge in [0.2, 0.25) is 10.0 Å². The van der Waals surface area contributed by atoms with E-state index in [1.54, 1.807) is 0 Å². The lowest BCUT2D eigenvalue weighted by Gasteiger charge is -2.22. The first kappa shape index (κ1) is 17.6. The van der Waals surface area contributed by atoms with E-state index >= 15 is 0 Å². The van der Waals surface area contributed by atoms with Crippen molar-refractivity contribution in [2.24, 2.45) is 0 Å². The largest absolute Gasteiger partial charge is 0.417 e. The minimum Gasteiger partial charge on any atom is -0.395 e. The van der Waals surface area contributed by atoms with E-state index < -0.39 is 45.6 Å². The molecule has 0 bridgehead atoms. The zero-order valence-corrected chi connectivity index (χ0v) is 11.6. The molecule has 0 unspecified atom stereocenters. The number of sulfonamides is 1. The Balaban J connectivity index is 3.46. The second kappa shape index (κ2) is 6.54. The van der Waals surface area contributed by atoms with Crippen molar-refractivity contribution >= 4 is 10.0 Å². The Hall–Kier alpha value is -1.45. The highest BCUT2D eigenvalue weighted by molar-refractivity contribution is 7.89. The number of nitrogens with zero attached hydrogens (tertiary/aromatic N) is 1. The smallest absolute Gasteiger partial charge is 0.395 e. The fourth-order valence-electron chi connectivity index (χ4n) is 1.65. The van der Waals surface area contributed by atoms with Crippen LogP contribution in [0.3, 0.4) is 0 Å². The van der Waals surface area contributed by atoms with Gasteiger partial charge in [-0.15, -0.1) is 6.58 Å². The van der Waals surface area contributed by atoms with Crippen molar-refractivity contribution in [3.63, 3.8) is 0 Å². The Bertz CT molecular complexity index is 613. The van der Waals surface area contributed by atoms with Crippen LogP contribution in [0.1, 0.15) is 5.56 Å². The van der Waals surface area contributed by atoms with Crippen LogP contribution in [0, 0.1) is 5.82 Å². The van der Waals surface area contributed by atoms with E-state index in [1.807, 2.05) is 0 Å². The van der Waals surface area contributed by atoms with Gasteiger partial charge in [0.05, 0.1) is 17.1 Å². The predicted molar refractivity (Wildman–Crippen MR) is 67.4 cm³/mol. The van der Waals surface area contributed by atoms with E-state index in [0.29, 0.717) is 16.4 Å². The molecule has 0 saturated heterocycles. The zero-order valence-electron chi connectivity index (χ0n) is 10.8. The molecule has 0 aliphatic heterocycles. The van der Waals surface area contributed by atoms with Crippen LogP contribution in [-0.2, 0) is 16.2 Å². The first-order valence-electron chi connectivity index (χ1n) is 5.73. The van der Waals surface area contributed by atoms with Gasteiger partial charge in [0.1, 0.15) is 5.82 Å². The highest BCUT2D eigenvalue weighted by atomic mass is 32.2. The zero-order chi connectivity index (χ0) is 16.3.